The average molecular weight is 259 g/mol. The Morgan fingerprint density at radius 1 is 0.944 bits per heavy atom. The van der Waals surface area contributed by atoms with E-state index in [4.69, 9.17) is 5.73 Å². The lowest BCUT2D eigenvalue weighted by Crippen LogP contribution is -1.97. The van der Waals surface area contributed by atoms with Gasteiger partial charge in [-0.05, 0) is 24.3 Å². The van der Waals surface area contributed by atoms with Crippen molar-refractivity contribution in [3.63, 3.8) is 0 Å². The first-order valence-corrected chi connectivity index (χ1v) is 5.27. The van der Waals surface area contributed by atoms with E-state index < -0.39 is 0 Å². The first-order valence-electron chi connectivity index (χ1n) is 5.27. The maximum atomic E-state index is 5.92. The van der Waals surface area contributed by atoms with Gasteiger partial charge in [-0.1, -0.05) is 12.1 Å². The van der Waals surface area contributed by atoms with Crippen molar-refractivity contribution in [3.05, 3.63) is 48.8 Å². The standard InChI is InChI=1S/C13H10N4.ClH/c14-12-10-5-1-2-6-11(10)16-13(17-12)9-4-3-7-15-8-9;/h1-8H,(H2,14,16,17);1H. The summed E-state index contributed by atoms with van der Waals surface area (Å²) in [6, 6.07) is 11.5. The maximum Gasteiger partial charge on any atom is 0.163 e. The highest BCUT2D eigenvalue weighted by Gasteiger charge is 2.06. The minimum absolute atomic E-state index is 0. The Morgan fingerprint density at radius 3 is 2.56 bits per heavy atom. The molecule has 18 heavy (non-hydrogen) atoms. The van der Waals surface area contributed by atoms with E-state index >= 15 is 0 Å². The predicted octanol–water partition coefficient (Wildman–Crippen LogP) is 2.70. The number of aromatic nitrogens is 3. The summed E-state index contributed by atoms with van der Waals surface area (Å²) in [4.78, 5) is 12.8. The first-order chi connectivity index (χ1) is 8.34. The quantitative estimate of drug-likeness (QED) is 0.729. The molecule has 0 fully saturated rings. The van der Waals surface area contributed by atoms with E-state index in [2.05, 4.69) is 15.0 Å². The van der Waals surface area contributed by atoms with Crippen LogP contribution in [0.1, 0.15) is 0 Å². The van der Waals surface area contributed by atoms with Gasteiger partial charge in [-0.25, -0.2) is 9.97 Å². The van der Waals surface area contributed by atoms with Crippen LogP contribution in [0.25, 0.3) is 22.3 Å². The first kappa shape index (κ1) is 12.3. The van der Waals surface area contributed by atoms with Crippen LogP contribution in [0.5, 0.6) is 0 Å². The second-order valence-corrected chi connectivity index (χ2v) is 3.69. The lowest BCUT2D eigenvalue weighted by molar-refractivity contribution is 1.21. The van der Waals surface area contributed by atoms with Gasteiger partial charge < -0.3 is 5.73 Å². The van der Waals surface area contributed by atoms with Gasteiger partial charge in [-0.15, -0.1) is 12.4 Å². The second-order valence-electron chi connectivity index (χ2n) is 3.69. The van der Waals surface area contributed by atoms with Crippen molar-refractivity contribution in [2.75, 3.05) is 5.73 Å². The van der Waals surface area contributed by atoms with Crippen LogP contribution in [-0.4, -0.2) is 15.0 Å². The number of nitrogens with two attached hydrogens (primary N) is 1. The Balaban J connectivity index is 0.00000120. The van der Waals surface area contributed by atoms with Crippen LogP contribution in [0.15, 0.2) is 48.8 Å². The molecule has 3 aromatic rings. The smallest absolute Gasteiger partial charge is 0.163 e. The Labute approximate surface area is 110 Å². The fraction of sp³-hybridized carbons (Fsp3) is 0. The second kappa shape index (κ2) is 4.98. The van der Waals surface area contributed by atoms with Crippen molar-refractivity contribution in [3.8, 4) is 11.4 Å². The van der Waals surface area contributed by atoms with Gasteiger partial charge in [-0.3, -0.25) is 4.98 Å². The number of fused-ring (bicyclic) bond motifs is 1. The van der Waals surface area contributed by atoms with Crippen LogP contribution in [0.3, 0.4) is 0 Å². The average Bonchev–Trinajstić information content (AvgIpc) is 2.40. The molecular weight excluding hydrogens is 248 g/mol. The van der Waals surface area contributed by atoms with E-state index in [1.54, 1.807) is 12.4 Å². The third kappa shape index (κ3) is 2.10. The van der Waals surface area contributed by atoms with Crippen molar-refractivity contribution >= 4 is 29.1 Å². The Kier molecular flexibility index (Phi) is 3.39. The molecule has 0 radical (unpaired) electrons. The molecule has 0 amide bonds. The van der Waals surface area contributed by atoms with Crippen LogP contribution in [-0.2, 0) is 0 Å². The zero-order valence-corrected chi connectivity index (χ0v) is 10.3. The number of nitrogens with zero attached hydrogens (tertiary/aromatic N) is 3. The molecule has 0 aliphatic rings. The molecule has 0 aliphatic heterocycles. The van der Waals surface area contributed by atoms with Crippen molar-refractivity contribution in [2.24, 2.45) is 0 Å². The summed E-state index contributed by atoms with van der Waals surface area (Å²) in [5.41, 5.74) is 7.63. The molecule has 0 spiro atoms. The van der Waals surface area contributed by atoms with Crippen molar-refractivity contribution in [1.29, 1.82) is 0 Å². The molecule has 4 nitrogen and oxygen atoms in total. The summed E-state index contributed by atoms with van der Waals surface area (Å²) in [5, 5.41) is 0.875. The van der Waals surface area contributed by atoms with Gasteiger partial charge >= 0.3 is 0 Å². The molecule has 90 valence electrons. The molecule has 1 aromatic carbocycles. The van der Waals surface area contributed by atoms with Crippen LogP contribution in [0, 0.1) is 0 Å². The minimum atomic E-state index is 0. The molecule has 0 atom stereocenters. The molecule has 3 rings (SSSR count). The molecule has 2 heterocycles. The number of rotatable bonds is 1. The number of hydrogen-bond donors (Lipinski definition) is 1. The number of benzene rings is 1. The number of hydrogen-bond acceptors (Lipinski definition) is 4. The highest BCUT2D eigenvalue weighted by Crippen LogP contribution is 2.21. The normalized spacial score (nSPS) is 10.0. The lowest BCUT2D eigenvalue weighted by Gasteiger charge is -2.04. The summed E-state index contributed by atoms with van der Waals surface area (Å²) in [7, 11) is 0. The molecular formula is C13H11ClN4. The summed E-state index contributed by atoms with van der Waals surface area (Å²) in [6.07, 6.45) is 3.44. The lowest BCUT2D eigenvalue weighted by atomic mass is 10.2. The largest absolute Gasteiger partial charge is 0.383 e. The third-order valence-electron chi connectivity index (χ3n) is 2.55. The number of halogens is 1. The summed E-state index contributed by atoms with van der Waals surface area (Å²) >= 11 is 0. The summed E-state index contributed by atoms with van der Waals surface area (Å²) in [5.74, 6) is 1.10. The molecule has 0 saturated heterocycles. The molecule has 5 heteroatoms. The van der Waals surface area contributed by atoms with E-state index in [0.717, 1.165) is 16.5 Å². The highest BCUT2D eigenvalue weighted by atomic mass is 35.5. The van der Waals surface area contributed by atoms with Gasteiger partial charge in [0.15, 0.2) is 5.82 Å². The van der Waals surface area contributed by atoms with E-state index in [-0.39, 0.29) is 12.4 Å². The molecule has 2 aromatic heterocycles. The van der Waals surface area contributed by atoms with Gasteiger partial charge in [-0.2, -0.15) is 0 Å². The Morgan fingerprint density at radius 2 is 1.78 bits per heavy atom. The van der Waals surface area contributed by atoms with Gasteiger partial charge in [0.2, 0.25) is 0 Å². The van der Waals surface area contributed by atoms with Crippen LogP contribution >= 0.6 is 12.4 Å². The molecule has 2 N–H and O–H groups in total. The minimum Gasteiger partial charge on any atom is -0.383 e. The van der Waals surface area contributed by atoms with Gasteiger partial charge in [0.05, 0.1) is 5.52 Å². The number of pyridine rings is 1. The number of para-hydroxylation sites is 1. The fourth-order valence-corrected chi connectivity index (χ4v) is 1.73. The van der Waals surface area contributed by atoms with E-state index in [0.29, 0.717) is 11.6 Å². The Hall–Kier alpha value is -2.20. The zero-order valence-electron chi connectivity index (χ0n) is 9.45. The third-order valence-corrected chi connectivity index (χ3v) is 2.55. The van der Waals surface area contributed by atoms with Crippen LogP contribution < -0.4 is 5.73 Å². The van der Waals surface area contributed by atoms with E-state index in [1.165, 1.54) is 0 Å². The Bertz CT molecular complexity index is 670. The van der Waals surface area contributed by atoms with Gasteiger partial charge in [0.25, 0.3) is 0 Å². The van der Waals surface area contributed by atoms with Gasteiger partial charge in [0.1, 0.15) is 5.82 Å². The van der Waals surface area contributed by atoms with E-state index in [1.807, 2.05) is 36.4 Å². The maximum absolute atomic E-state index is 5.92. The van der Waals surface area contributed by atoms with Gasteiger partial charge in [0, 0.05) is 23.3 Å². The van der Waals surface area contributed by atoms with Crippen LogP contribution in [0.4, 0.5) is 5.82 Å². The predicted molar refractivity (Wildman–Crippen MR) is 74.4 cm³/mol. The molecule has 0 unspecified atom stereocenters. The highest BCUT2D eigenvalue weighted by molar-refractivity contribution is 5.89. The molecule has 0 saturated carbocycles. The molecule has 0 aliphatic carbocycles. The van der Waals surface area contributed by atoms with E-state index in [9.17, 15) is 0 Å². The summed E-state index contributed by atoms with van der Waals surface area (Å²) in [6.45, 7) is 0. The van der Waals surface area contributed by atoms with Crippen molar-refractivity contribution < 1.29 is 0 Å². The summed E-state index contributed by atoms with van der Waals surface area (Å²) < 4.78 is 0. The zero-order chi connectivity index (χ0) is 11.7. The SMILES string of the molecule is Cl.Nc1nc(-c2cccnc2)nc2ccccc12. The number of anilines is 1. The van der Waals surface area contributed by atoms with Crippen molar-refractivity contribution in [2.45, 2.75) is 0 Å². The van der Waals surface area contributed by atoms with Crippen molar-refractivity contribution in [1.82, 2.24) is 15.0 Å². The molecule has 0 bridgehead atoms. The monoisotopic (exact) mass is 258 g/mol. The number of nitrogen functional groups attached to an aromatic ring is 1. The van der Waals surface area contributed by atoms with Crippen LogP contribution in [0.2, 0.25) is 0 Å². The fourth-order valence-electron chi connectivity index (χ4n) is 1.73. The topological polar surface area (TPSA) is 64.7 Å².